The van der Waals surface area contributed by atoms with E-state index >= 15 is 0 Å². The number of rotatable bonds is 3. The molecule has 2 aromatic rings. The van der Waals surface area contributed by atoms with Crippen molar-refractivity contribution in [3.8, 4) is 5.75 Å². The number of aromatic nitrogens is 1. The maximum absolute atomic E-state index is 13.0. The van der Waals surface area contributed by atoms with Crippen LogP contribution in [0.25, 0.3) is 0 Å². The minimum absolute atomic E-state index is 0.244. The molecule has 0 saturated carbocycles. The van der Waals surface area contributed by atoms with Gasteiger partial charge < -0.3 is 10.1 Å². The summed E-state index contributed by atoms with van der Waals surface area (Å²) in [6, 6.07) is 7.29. The summed E-state index contributed by atoms with van der Waals surface area (Å²) < 4.78 is 18.6. The second-order valence-corrected chi connectivity index (χ2v) is 4.49. The molecule has 0 spiro atoms. The number of hydrogen-bond acceptors (Lipinski definition) is 3. The monoisotopic (exact) mass is 324 g/mol. The van der Waals surface area contributed by atoms with E-state index in [1.807, 2.05) is 0 Å². The first kappa shape index (κ1) is 13.5. The van der Waals surface area contributed by atoms with E-state index in [0.29, 0.717) is 10.2 Å². The average molecular weight is 325 g/mol. The largest absolute Gasteiger partial charge is 0.494 e. The van der Waals surface area contributed by atoms with Crippen LogP contribution in [0.3, 0.4) is 0 Å². The molecule has 1 amide bonds. The van der Waals surface area contributed by atoms with Gasteiger partial charge in [0.05, 0.1) is 12.8 Å². The standard InChI is InChI=1S/C13H10BrFN2O2/c1-19-11-7-8(15)4-5-10(11)17-13(18)12-9(14)3-2-6-16-12/h2-7H,1H3,(H,17,18). The number of pyridine rings is 1. The maximum Gasteiger partial charge on any atom is 0.275 e. The molecule has 98 valence electrons. The zero-order valence-electron chi connectivity index (χ0n) is 9.98. The molecule has 0 aliphatic carbocycles. The lowest BCUT2D eigenvalue weighted by Gasteiger charge is -2.10. The minimum atomic E-state index is -0.436. The van der Waals surface area contributed by atoms with E-state index in [1.165, 1.54) is 31.5 Å². The first-order valence-electron chi connectivity index (χ1n) is 5.37. The molecule has 1 heterocycles. The Morgan fingerprint density at radius 2 is 2.21 bits per heavy atom. The van der Waals surface area contributed by atoms with Crippen molar-refractivity contribution in [2.24, 2.45) is 0 Å². The van der Waals surface area contributed by atoms with Crippen LogP contribution in [-0.4, -0.2) is 18.0 Å². The minimum Gasteiger partial charge on any atom is -0.494 e. The third-order valence-electron chi connectivity index (χ3n) is 2.39. The van der Waals surface area contributed by atoms with Crippen molar-refractivity contribution in [1.29, 1.82) is 0 Å². The highest BCUT2D eigenvalue weighted by Gasteiger charge is 2.14. The molecule has 4 nitrogen and oxygen atoms in total. The van der Waals surface area contributed by atoms with Crippen LogP contribution in [0.15, 0.2) is 41.0 Å². The summed E-state index contributed by atoms with van der Waals surface area (Å²) in [5, 5.41) is 2.62. The van der Waals surface area contributed by atoms with Gasteiger partial charge >= 0.3 is 0 Å². The van der Waals surface area contributed by atoms with Gasteiger partial charge in [-0.1, -0.05) is 0 Å². The van der Waals surface area contributed by atoms with Gasteiger partial charge in [0.1, 0.15) is 17.3 Å². The molecular weight excluding hydrogens is 315 g/mol. The Morgan fingerprint density at radius 1 is 1.42 bits per heavy atom. The number of anilines is 1. The normalized spacial score (nSPS) is 10.1. The lowest BCUT2D eigenvalue weighted by atomic mass is 10.2. The van der Waals surface area contributed by atoms with Gasteiger partial charge in [0.2, 0.25) is 0 Å². The Balaban J connectivity index is 2.27. The van der Waals surface area contributed by atoms with E-state index in [4.69, 9.17) is 4.74 Å². The van der Waals surface area contributed by atoms with E-state index in [-0.39, 0.29) is 11.4 Å². The molecule has 2 rings (SSSR count). The SMILES string of the molecule is COc1cc(F)ccc1NC(=O)c1ncccc1Br. The highest BCUT2D eigenvalue weighted by molar-refractivity contribution is 9.10. The summed E-state index contributed by atoms with van der Waals surface area (Å²) in [4.78, 5) is 16.0. The number of methoxy groups -OCH3 is 1. The maximum atomic E-state index is 13.0. The summed E-state index contributed by atoms with van der Waals surface area (Å²) in [7, 11) is 1.40. The van der Waals surface area contributed by atoms with E-state index in [2.05, 4.69) is 26.2 Å². The van der Waals surface area contributed by atoms with Crippen molar-refractivity contribution in [3.63, 3.8) is 0 Å². The molecule has 0 aliphatic rings. The fraction of sp³-hybridized carbons (Fsp3) is 0.0769. The smallest absolute Gasteiger partial charge is 0.275 e. The van der Waals surface area contributed by atoms with Crippen LogP contribution >= 0.6 is 15.9 Å². The van der Waals surface area contributed by atoms with Crippen LogP contribution in [0.2, 0.25) is 0 Å². The molecule has 0 aliphatic heterocycles. The first-order chi connectivity index (χ1) is 9.11. The Hall–Kier alpha value is -1.95. The van der Waals surface area contributed by atoms with Crippen molar-refractivity contribution in [2.75, 3.05) is 12.4 Å². The molecule has 0 bridgehead atoms. The van der Waals surface area contributed by atoms with Gasteiger partial charge in [-0.15, -0.1) is 0 Å². The third-order valence-corrected chi connectivity index (χ3v) is 3.03. The van der Waals surface area contributed by atoms with Crippen LogP contribution in [-0.2, 0) is 0 Å². The first-order valence-corrected chi connectivity index (χ1v) is 6.16. The summed E-state index contributed by atoms with van der Waals surface area (Å²) in [5.41, 5.74) is 0.625. The zero-order chi connectivity index (χ0) is 13.8. The fourth-order valence-corrected chi connectivity index (χ4v) is 1.94. The number of amides is 1. The summed E-state index contributed by atoms with van der Waals surface area (Å²) in [6.45, 7) is 0. The van der Waals surface area contributed by atoms with Crippen molar-refractivity contribution in [2.45, 2.75) is 0 Å². The van der Waals surface area contributed by atoms with Crippen molar-refractivity contribution in [3.05, 3.63) is 52.5 Å². The number of halogens is 2. The lowest BCUT2D eigenvalue weighted by molar-refractivity contribution is 0.102. The predicted molar refractivity (Wildman–Crippen MR) is 72.8 cm³/mol. The van der Waals surface area contributed by atoms with Crippen molar-refractivity contribution >= 4 is 27.5 Å². The highest BCUT2D eigenvalue weighted by Crippen LogP contribution is 2.26. The summed E-state index contributed by atoms with van der Waals surface area (Å²) in [6.07, 6.45) is 1.52. The molecule has 0 unspecified atom stereocenters. The Bertz CT molecular complexity index is 619. The Labute approximate surface area is 117 Å². The number of carbonyl (C=O) groups excluding carboxylic acids is 1. The van der Waals surface area contributed by atoms with Gasteiger partial charge in [-0.05, 0) is 40.2 Å². The zero-order valence-corrected chi connectivity index (χ0v) is 11.6. The van der Waals surface area contributed by atoms with E-state index in [9.17, 15) is 9.18 Å². The molecular formula is C13H10BrFN2O2. The quantitative estimate of drug-likeness (QED) is 0.942. The fourth-order valence-electron chi connectivity index (χ4n) is 1.50. The van der Waals surface area contributed by atoms with E-state index in [0.717, 1.165) is 0 Å². The van der Waals surface area contributed by atoms with Gasteiger partial charge in [-0.2, -0.15) is 0 Å². The molecule has 1 N–H and O–H groups in total. The van der Waals surface area contributed by atoms with Gasteiger partial charge in [-0.3, -0.25) is 4.79 Å². The van der Waals surface area contributed by atoms with Crippen molar-refractivity contribution < 1.29 is 13.9 Å². The number of nitrogens with zero attached hydrogens (tertiary/aromatic N) is 1. The number of carbonyl (C=O) groups is 1. The molecule has 0 saturated heterocycles. The van der Waals surface area contributed by atoms with Gasteiger partial charge in [0, 0.05) is 16.7 Å². The van der Waals surface area contributed by atoms with Crippen molar-refractivity contribution in [1.82, 2.24) is 4.98 Å². The molecule has 0 atom stereocenters. The molecule has 1 aromatic carbocycles. The number of nitrogens with one attached hydrogen (secondary N) is 1. The van der Waals surface area contributed by atoms with Crippen LogP contribution < -0.4 is 10.1 Å². The molecule has 0 radical (unpaired) electrons. The predicted octanol–water partition coefficient (Wildman–Crippen LogP) is 3.24. The van der Waals surface area contributed by atoms with E-state index in [1.54, 1.807) is 12.1 Å². The second-order valence-electron chi connectivity index (χ2n) is 3.63. The number of benzene rings is 1. The molecule has 0 fully saturated rings. The van der Waals surface area contributed by atoms with Crippen LogP contribution in [0.4, 0.5) is 10.1 Å². The lowest BCUT2D eigenvalue weighted by Crippen LogP contribution is -2.15. The van der Waals surface area contributed by atoms with Crippen LogP contribution in [0, 0.1) is 5.82 Å². The van der Waals surface area contributed by atoms with E-state index < -0.39 is 11.7 Å². The van der Waals surface area contributed by atoms with Crippen LogP contribution in [0.1, 0.15) is 10.5 Å². The van der Waals surface area contributed by atoms with Gasteiger partial charge in [0.25, 0.3) is 5.91 Å². The average Bonchev–Trinajstić information content (AvgIpc) is 2.41. The number of hydrogen-bond donors (Lipinski definition) is 1. The molecule has 19 heavy (non-hydrogen) atoms. The second kappa shape index (κ2) is 5.79. The Morgan fingerprint density at radius 3 is 2.89 bits per heavy atom. The third kappa shape index (κ3) is 3.08. The Kier molecular flexibility index (Phi) is 4.11. The van der Waals surface area contributed by atoms with Gasteiger partial charge in [-0.25, -0.2) is 9.37 Å². The topological polar surface area (TPSA) is 51.2 Å². The summed E-state index contributed by atoms with van der Waals surface area (Å²) >= 11 is 3.24. The summed E-state index contributed by atoms with van der Waals surface area (Å²) in [5.74, 6) is -0.591. The van der Waals surface area contributed by atoms with Gasteiger partial charge in [0.15, 0.2) is 0 Å². The molecule has 1 aromatic heterocycles. The highest BCUT2D eigenvalue weighted by atomic mass is 79.9. The number of ether oxygens (including phenoxy) is 1. The molecule has 6 heteroatoms. The van der Waals surface area contributed by atoms with Crippen LogP contribution in [0.5, 0.6) is 5.75 Å².